The Morgan fingerprint density at radius 3 is 3.10 bits per heavy atom. The monoisotopic (exact) mass is 283 g/mol. The van der Waals surface area contributed by atoms with Crippen LogP contribution in [-0.4, -0.2) is 64.0 Å². The molecular weight excluding hydrogens is 262 g/mol. The SMILES string of the molecule is C=CCN(C)CCC[C@H](NCOn1ccnn1)C(=O)O. The van der Waals surface area contributed by atoms with Crippen LogP contribution < -0.4 is 10.2 Å². The second-order valence-electron chi connectivity index (χ2n) is 4.37. The Balaban J connectivity index is 2.22. The van der Waals surface area contributed by atoms with Crippen molar-refractivity contribution in [2.24, 2.45) is 0 Å². The van der Waals surface area contributed by atoms with Crippen molar-refractivity contribution in [2.75, 3.05) is 26.9 Å². The molecule has 0 aliphatic heterocycles. The minimum absolute atomic E-state index is 0.0584. The zero-order chi connectivity index (χ0) is 14.8. The molecule has 1 heterocycles. The molecule has 1 aromatic heterocycles. The zero-order valence-corrected chi connectivity index (χ0v) is 11.6. The predicted octanol–water partition coefficient (Wildman–Crippen LogP) is -0.395. The van der Waals surface area contributed by atoms with Gasteiger partial charge in [-0.05, 0) is 31.6 Å². The van der Waals surface area contributed by atoms with Gasteiger partial charge in [-0.2, -0.15) is 0 Å². The Hall–Kier alpha value is -1.93. The van der Waals surface area contributed by atoms with E-state index in [4.69, 9.17) is 9.94 Å². The van der Waals surface area contributed by atoms with Crippen LogP contribution in [0.2, 0.25) is 0 Å². The van der Waals surface area contributed by atoms with Gasteiger partial charge in [0, 0.05) is 6.54 Å². The molecule has 2 N–H and O–H groups in total. The van der Waals surface area contributed by atoms with E-state index in [9.17, 15) is 4.79 Å². The Bertz CT molecular complexity index is 396. The van der Waals surface area contributed by atoms with Crippen molar-refractivity contribution in [1.29, 1.82) is 0 Å². The van der Waals surface area contributed by atoms with Gasteiger partial charge < -0.3 is 14.8 Å². The van der Waals surface area contributed by atoms with E-state index in [2.05, 4.69) is 27.1 Å². The summed E-state index contributed by atoms with van der Waals surface area (Å²) >= 11 is 0. The van der Waals surface area contributed by atoms with Crippen molar-refractivity contribution in [3.8, 4) is 0 Å². The predicted molar refractivity (Wildman–Crippen MR) is 73.0 cm³/mol. The maximum absolute atomic E-state index is 11.1. The van der Waals surface area contributed by atoms with Gasteiger partial charge in [-0.3, -0.25) is 10.1 Å². The van der Waals surface area contributed by atoms with Crippen molar-refractivity contribution in [3.05, 3.63) is 25.0 Å². The summed E-state index contributed by atoms with van der Waals surface area (Å²) in [6.07, 6.45) is 6.12. The molecule has 112 valence electrons. The summed E-state index contributed by atoms with van der Waals surface area (Å²) in [5.41, 5.74) is 0. The van der Waals surface area contributed by atoms with Crippen LogP contribution >= 0.6 is 0 Å². The normalized spacial score (nSPS) is 12.3. The number of likely N-dealkylation sites (N-methyl/N-ethyl adjacent to an activating group) is 1. The van der Waals surface area contributed by atoms with Crippen molar-refractivity contribution >= 4 is 5.97 Å². The number of aromatic nitrogens is 3. The van der Waals surface area contributed by atoms with Gasteiger partial charge in [0.15, 0.2) is 6.73 Å². The lowest BCUT2D eigenvalue weighted by Crippen LogP contribution is -2.41. The van der Waals surface area contributed by atoms with Gasteiger partial charge in [-0.25, -0.2) is 0 Å². The smallest absolute Gasteiger partial charge is 0.320 e. The summed E-state index contributed by atoms with van der Waals surface area (Å²) in [7, 11) is 1.97. The molecule has 0 aromatic carbocycles. The molecule has 8 nitrogen and oxygen atoms in total. The van der Waals surface area contributed by atoms with Crippen molar-refractivity contribution < 1.29 is 14.7 Å². The number of carbonyl (C=O) groups is 1. The molecule has 1 atom stereocenters. The Morgan fingerprint density at radius 1 is 1.70 bits per heavy atom. The number of carboxylic acid groups (broad SMARTS) is 1. The quantitative estimate of drug-likeness (QED) is 0.422. The average Bonchev–Trinajstić information content (AvgIpc) is 2.90. The van der Waals surface area contributed by atoms with Crippen LogP contribution in [-0.2, 0) is 4.79 Å². The number of nitrogens with one attached hydrogen (secondary N) is 1. The third-order valence-electron chi connectivity index (χ3n) is 2.70. The first-order valence-corrected chi connectivity index (χ1v) is 6.38. The lowest BCUT2D eigenvalue weighted by atomic mass is 10.1. The molecule has 0 spiro atoms. The molecule has 0 unspecified atom stereocenters. The average molecular weight is 283 g/mol. The summed E-state index contributed by atoms with van der Waals surface area (Å²) in [4.78, 5) is 19.5. The number of carboxylic acids is 1. The summed E-state index contributed by atoms with van der Waals surface area (Å²) < 4.78 is 0. The molecule has 1 rings (SSSR count). The van der Waals surface area contributed by atoms with Gasteiger partial charge in [0.2, 0.25) is 0 Å². The third-order valence-corrected chi connectivity index (χ3v) is 2.70. The summed E-state index contributed by atoms with van der Waals surface area (Å²) in [5.74, 6) is -0.890. The molecule has 0 aliphatic rings. The summed E-state index contributed by atoms with van der Waals surface area (Å²) in [5, 5.41) is 19.1. The van der Waals surface area contributed by atoms with Gasteiger partial charge >= 0.3 is 5.97 Å². The summed E-state index contributed by atoms with van der Waals surface area (Å²) in [6, 6.07) is -0.643. The van der Waals surface area contributed by atoms with E-state index in [1.54, 1.807) is 0 Å². The summed E-state index contributed by atoms with van der Waals surface area (Å²) in [6.45, 7) is 5.33. The lowest BCUT2D eigenvalue weighted by molar-refractivity contribution is -0.140. The molecule has 0 bridgehead atoms. The van der Waals surface area contributed by atoms with Crippen LogP contribution in [0.15, 0.2) is 25.0 Å². The molecule has 20 heavy (non-hydrogen) atoms. The van der Waals surface area contributed by atoms with Crippen molar-refractivity contribution in [2.45, 2.75) is 18.9 Å². The molecule has 0 aliphatic carbocycles. The first-order chi connectivity index (χ1) is 9.63. The molecule has 0 amide bonds. The highest BCUT2D eigenvalue weighted by atomic mass is 16.7. The van der Waals surface area contributed by atoms with Gasteiger partial charge in [-0.15, -0.1) is 11.7 Å². The first-order valence-electron chi connectivity index (χ1n) is 6.38. The van der Waals surface area contributed by atoms with E-state index < -0.39 is 12.0 Å². The van der Waals surface area contributed by atoms with E-state index in [0.717, 1.165) is 19.5 Å². The molecule has 0 saturated heterocycles. The van der Waals surface area contributed by atoms with Crippen LogP contribution in [0, 0.1) is 0 Å². The fourth-order valence-electron chi connectivity index (χ4n) is 1.66. The van der Waals surface area contributed by atoms with E-state index in [1.807, 2.05) is 13.1 Å². The van der Waals surface area contributed by atoms with Crippen LogP contribution in [0.5, 0.6) is 0 Å². The molecule has 0 fully saturated rings. The Kier molecular flexibility index (Phi) is 7.30. The largest absolute Gasteiger partial charge is 0.480 e. The van der Waals surface area contributed by atoms with Crippen molar-refractivity contribution in [3.63, 3.8) is 0 Å². The fourth-order valence-corrected chi connectivity index (χ4v) is 1.66. The van der Waals surface area contributed by atoms with Crippen LogP contribution in [0.4, 0.5) is 0 Å². The minimum atomic E-state index is -0.890. The zero-order valence-electron chi connectivity index (χ0n) is 11.6. The van der Waals surface area contributed by atoms with Gasteiger partial charge in [0.25, 0.3) is 0 Å². The molecule has 8 heteroatoms. The number of nitrogens with zero attached hydrogens (tertiary/aromatic N) is 4. The Morgan fingerprint density at radius 2 is 2.50 bits per heavy atom. The number of hydrogen-bond acceptors (Lipinski definition) is 6. The molecule has 0 saturated carbocycles. The second-order valence-corrected chi connectivity index (χ2v) is 4.37. The lowest BCUT2D eigenvalue weighted by Gasteiger charge is -2.17. The van der Waals surface area contributed by atoms with Gasteiger partial charge in [0.1, 0.15) is 6.04 Å². The van der Waals surface area contributed by atoms with Crippen LogP contribution in [0.1, 0.15) is 12.8 Å². The van der Waals surface area contributed by atoms with Crippen molar-refractivity contribution in [1.82, 2.24) is 25.4 Å². The minimum Gasteiger partial charge on any atom is -0.480 e. The number of aliphatic carboxylic acids is 1. The van der Waals surface area contributed by atoms with E-state index in [0.29, 0.717) is 6.42 Å². The van der Waals surface area contributed by atoms with Gasteiger partial charge in [-0.1, -0.05) is 10.9 Å². The highest BCUT2D eigenvalue weighted by Crippen LogP contribution is 1.99. The Labute approximate surface area is 118 Å². The number of hydrogen-bond donors (Lipinski definition) is 2. The standard InChI is InChI=1S/C12H21N5O3/c1-3-7-16(2)8-4-5-11(12(18)19)13-10-20-17-9-6-14-15-17/h3,6,9,11,13H,1,4-5,7-8,10H2,2H3,(H,18,19)/t11-/m0/s1. The van der Waals surface area contributed by atoms with E-state index in [-0.39, 0.29) is 6.73 Å². The second kappa shape index (κ2) is 9.05. The maximum Gasteiger partial charge on any atom is 0.320 e. The highest BCUT2D eigenvalue weighted by Gasteiger charge is 2.16. The fraction of sp³-hybridized carbons (Fsp3) is 0.583. The highest BCUT2D eigenvalue weighted by molar-refractivity contribution is 5.73. The maximum atomic E-state index is 11.1. The topological polar surface area (TPSA) is 92.5 Å². The molecule has 0 radical (unpaired) electrons. The first kappa shape index (κ1) is 16.1. The van der Waals surface area contributed by atoms with E-state index >= 15 is 0 Å². The van der Waals surface area contributed by atoms with Gasteiger partial charge in [0.05, 0.1) is 12.4 Å². The third kappa shape index (κ3) is 6.30. The van der Waals surface area contributed by atoms with Crippen LogP contribution in [0.25, 0.3) is 0 Å². The van der Waals surface area contributed by atoms with E-state index in [1.165, 1.54) is 17.2 Å². The number of rotatable bonds is 11. The van der Waals surface area contributed by atoms with Crippen LogP contribution in [0.3, 0.4) is 0 Å². The molecule has 1 aromatic rings. The molecular formula is C12H21N5O3.